The molecule has 1 atom stereocenters. The second kappa shape index (κ2) is 7.17. The number of allylic oxidation sites excluding steroid dienone is 7. The van der Waals surface area contributed by atoms with Gasteiger partial charge in [0, 0.05) is 5.57 Å². The van der Waals surface area contributed by atoms with Crippen molar-refractivity contribution < 1.29 is 9.47 Å². The van der Waals surface area contributed by atoms with Crippen LogP contribution in [0, 0.1) is 0 Å². The molecular formula is C16H18O2. The van der Waals surface area contributed by atoms with E-state index in [9.17, 15) is 0 Å². The second-order valence-corrected chi connectivity index (χ2v) is 3.50. The molecule has 94 valence electrons. The van der Waals surface area contributed by atoms with Gasteiger partial charge in [0.25, 0.3) is 6.29 Å². The maximum Gasteiger partial charge on any atom is 0.267 e. The van der Waals surface area contributed by atoms with Crippen LogP contribution >= 0.6 is 0 Å². The molecule has 2 nitrogen and oxygen atoms in total. The smallest absolute Gasteiger partial charge is 0.267 e. The van der Waals surface area contributed by atoms with Crippen molar-refractivity contribution >= 4 is 0 Å². The summed E-state index contributed by atoms with van der Waals surface area (Å²) in [6.45, 7) is 12.9. The van der Waals surface area contributed by atoms with Gasteiger partial charge in [-0.1, -0.05) is 56.2 Å². The van der Waals surface area contributed by atoms with E-state index in [-0.39, 0.29) is 0 Å². The number of hydrogen-bond acceptors (Lipinski definition) is 2. The Morgan fingerprint density at radius 3 is 2.39 bits per heavy atom. The van der Waals surface area contributed by atoms with Gasteiger partial charge in [-0.05, 0) is 19.1 Å². The molecule has 0 saturated heterocycles. The topological polar surface area (TPSA) is 18.5 Å². The van der Waals surface area contributed by atoms with Crippen LogP contribution in [-0.4, -0.2) is 6.29 Å². The minimum Gasteiger partial charge on any atom is -0.447 e. The summed E-state index contributed by atoms with van der Waals surface area (Å²) >= 11 is 0. The van der Waals surface area contributed by atoms with Crippen LogP contribution in [-0.2, 0) is 9.47 Å². The summed E-state index contributed by atoms with van der Waals surface area (Å²) in [5.41, 5.74) is 0.865. The highest BCUT2D eigenvalue weighted by molar-refractivity contribution is 5.33. The van der Waals surface area contributed by atoms with Crippen molar-refractivity contribution in [2.75, 3.05) is 0 Å². The SMILES string of the molecule is C=C/C=C\C(=C/C=C)C1OC(C=C)=C(/C=C\C)O1. The minimum absolute atomic E-state index is 0.474. The molecule has 0 aromatic heterocycles. The quantitative estimate of drug-likeness (QED) is 0.650. The van der Waals surface area contributed by atoms with Gasteiger partial charge < -0.3 is 9.47 Å². The first-order valence-electron chi connectivity index (χ1n) is 5.71. The van der Waals surface area contributed by atoms with E-state index in [2.05, 4.69) is 19.7 Å². The summed E-state index contributed by atoms with van der Waals surface area (Å²) in [7, 11) is 0. The number of ether oxygens (including phenoxy) is 2. The number of hydrogen-bond donors (Lipinski definition) is 0. The molecule has 1 unspecified atom stereocenters. The van der Waals surface area contributed by atoms with Crippen molar-refractivity contribution in [3.63, 3.8) is 0 Å². The maximum atomic E-state index is 5.71. The Kier molecular flexibility index (Phi) is 5.52. The lowest BCUT2D eigenvalue weighted by atomic mass is 10.2. The zero-order chi connectivity index (χ0) is 13.4. The molecular weight excluding hydrogens is 224 g/mol. The molecule has 0 saturated carbocycles. The van der Waals surface area contributed by atoms with Crippen LogP contribution in [0.4, 0.5) is 0 Å². The first kappa shape index (κ1) is 13.8. The molecule has 0 amide bonds. The van der Waals surface area contributed by atoms with Crippen molar-refractivity contribution in [1.82, 2.24) is 0 Å². The van der Waals surface area contributed by atoms with Crippen LogP contribution in [0.5, 0.6) is 0 Å². The third-order valence-corrected chi connectivity index (χ3v) is 2.22. The van der Waals surface area contributed by atoms with E-state index in [1.807, 2.05) is 37.3 Å². The first-order chi connectivity index (χ1) is 8.76. The van der Waals surface area contributed by atoms with Gasteiger partial charge in [-0.25, -0.2) is 0 Å². The van der Waals surface area contributed by atoms with Gasteiger partial charge in [-0.2, -0.15) is 0 Å². The highest BCUT2D eigenvalue weighted by Gasteiger charge is 2.25. The average Bonchev–Trinajstić information content (AvgIpc) is 2.78. The minimum atomic E-state index is -0.474. The first-order valence-corrected chi connectivity index (χ1v) is 5.71. The summed E-state index contributed by atoms with van der Waals surface area (Å²) in [6, 6.07) is 0. The Balaban J connectivity index is 2.91. The van der Waals surface area contributed by atoms with E-state index in [0.29, 0.717) is 11.5 Å². The molecule has 0 spiro atoms. The van der Waals surface area contributed by atoms with E-state index in [1.54, 1.807) is 18.2 Å². The van der Waals surface area contributed by atoms with Crippen molar-refractivity contribution in [3.8, 4) is 0 Å². The molecule has 0 fully saturated rings. The Labute approximate surface area is 109 Å². The highest BCUT2D eigenvalue weighted by Crippen LogP contribution is 2.28. The summed E-state index contributed by atoms with van der Waals surface area (Å²) in [4.78, 5) is 0. The van der Waals surface area contributed by atoms with Crippen LogP contribution < -0.4 is 0 Å². The van der Waals surface area contributed by atoms with Crippen LogP contribution in [0.3, 0.4) is 0 Å². The van der Waals surface area contributed by atoms with Crippen LogP contribution in [0.15, 0.2) is 85.4 Å². The lowest BCUT2D eigenvalue weighted by molar-refractivity contribution is -0.000287. The van der Waals surface area contributed by atoms with Gasteiger partial charge in [0.2, 0.25) is 0 Å². The Morgan fingerprint density at radius 2 is 1.83 bits per heavy atom. The summed E-state index contributed by atoms with van der Waals surface area (Å²) in [5, 5.41) is 0. The van der Waals surface area contributed by atoms with E-state index >= 15 is 0 Å². The summed E-state index contributed by atoms with van der Waals surface area (Å²) in [5.74, 6) is 1.32. The van der Waals surface area contributed by atoms with Crippen LogP contribution in [0.2, 0.25) is 0 Å². The summed E-state index contributed by atoms with van der Waals surface area (Å²) in [6.07, 6.45) is 13.8. The van der Waals surface area contributed by atoms with Gasteiger partial charge in [-0.15, -0.1) is 0 Å². The average molecular weight is 242 g/mol. The number of rotatable bonds is 6. The van der Waals surface area contributed by atoms with Crippen LogP contribution in [0.25, 0.3) is 0 Å². The lowest BCUT2D eigenvalue weighted by Gasteiger charge is -2.12. The molecule has 1 rings (SSSR count). The maximum absolute atomic E-state index is 5.71. The molecule has 0 radical (unpaired) electrons. The molecule has 0 bridgehead atoms. The molecule has 0 aromatic carbocycles. The second-order valence-electron chi connectivity index (χ2n) is 3.50. The van der Waals surface area contributed by atoms with Gasteiger partial charge in [0.05, 0.1) is 0 Å². The zero-order valence-electron chi connectivity index (χ0n) is 10.6. The monoisotopic (exact) mass is 242 g/mol. The molecule has 2 heteroatoms. The molecule has 1 heterocycles. The zero-order valence-corrected chi connectivity index (χ0v) is 10.6. The van der Waals surface area contributed by atoms with Gasteiger partial charge in [0.1, 0.15) is 0 Å². The van der Waals surface area contributed by atoms with Crippen molar-refractivity contribution in [1.29, 1.82) is 0 Å². The molecule has 1 aliphatic heterocycles. The van der Waals surface area contributed by atoms with E-state index < -0.39 is 6.29 Å². The molecule has 1 aliphatic rings. The summed E-state index contributed by atoms with van der Waals surface area (Å²) < 4.78 is 11.4. The molecule has 18 heavy (non-hydrogen) atoms. The third-order valence-electron chi connectivity index (χ3n) is 2.22. The normalized spacial score (nSPS) is 20.1. The standard InChI is InChI=1S/C16H18O2/c1-5-9-12-13(10-6-2)16-17-14(8-4)15(18-16)11-7-3/h5-12,16H,1-2,4H2,3H3/b11-7-,12-9-,13-10+. The molecule has 0 aromatic rings. The van der Waals surface area contributed by atoms with E-state index in [4.69, 9.17) is 9.47 Å². The molecule has 0 N–H and O–H groups in total. The van der Waals surface area contributed by atoms with Crippen molar-refractivity contribution in [2.45, 2.75) is 13.2 Å². The molecule has 0 aliphatic carbocycles. The largest absolute Gasteiger partial charge is 0.447 e. The van der Waals surface area contributed by atoms with Crippen molar-refractivity contribution in [3.05, 3.63) is 85.4 Å². The third kappa shape index (κ3) is 3.39. The fourth-order valence-electron chi connectivity index (χ4n) is 1.46. The van der Waals surface area contributed by atoms with Gasteiger partial charge >= 0.3 is 0 Å². The predicted octanol–water partition coefficient (Wildman–Crippen LogP) is 4.19. The highest BCUT2D eigenvalue weighted by atomic mass is 16.7. The Hall–Kier alpha value is -2.22. The Bertz CT molecular complexity index is 448. The van der Waals surface area contributed by atoms with E-state index in [0.717, 1.165) is 5.57 Å². The van der Waals surface area contributed by atoms with Crippen molar-refractivity contribution in [2.24, 2.45) is 0 Å². The fourth-order valence-corrected chi connectivity index (χ4v) is 1.46. The van der Waals surface area contributed by atoms with Gasteiger partial charge in [0.15, 0.2) is 11.5 Å². The fraction of sp³-hybridized carbons (Fsp3) is 0.125. The Morgan fingerprint density at radius 1 is 1.11 bits per heavy atom. The predicted molar refractivity (Wildman–Crippen MR) is 75.6 cm³/mol. The van der Waals surface area contributed by atoms with E-state index in [1.165, 1.54) is 0 Å². The van der Waals surface area contributed by atoms with Crippen LogP contribution in [0.1, 0.15) is 6.92 Å². The van der Waals surface area contributed by atoms with Gasteiger partial charge in [-0.3, -0.25) is 0 Å². The lowest BCUT2D eigenvalue weighted by Crippen LogP contribution is -2.11.